The molecule has 1 aromatic carbocycles. The molecule has 0 saturated heterocycles. The van der Waals surface area contributed by atoms with Crippen LogP contribution in [-0.2, 0) is 9.59 Å². The molecule has 86 valence electrons. The van der Waals surface area contributed by atoms with Crippen LogP contribution in [-0.4, -0.2) is 19.0 Å². The van der Waals surface area contributed by atoms with Crippen LogP contribution in [0.5, 0.6) is 17.2 Å². The van der Waals surface area contributed by atoms with E-state index in [9.17, 15) is 9.59 Å². The monoisotopic (exact) mass is 224 g/mol. The van der Waals surface area contributed by atoms with E-state index in [1.165, 1.54) is 21.0 Å². The first-order chi connectivity index (χ1) is 7.54. The molecule has 0 fully saturated rings. The lowest BCUT2D eigenvalue weighted by atomic mass is 10.3. The van der Waals surface area contributed by atoms with Gasteiger partial charge in [0.15, 0.2) is 11.5 Å². The number of carbonyl (C=O) groups excluding carboxylic acids is 2. The van der Waals surface area contributed by atoms with Gasteiger partial charge in [-0.2, -0.15) is 0 Å². The standard InChI is InChI=1S/C11H12O5/c1-7(12)15-9-5-4-6-10(11(9)14-3)16-8(2)13/h4-6H,1-3H3. The Morgan fingerprint density at radius 2 is 1.44 bits per heavy atom. The fraction of sp³-hybridized carbons (Fsp3) is 0.273. The third kappa shape index (κ3) is 2.98. The molecule has 0 radical (unpaired) electrons. The number of hydrogen-bond donors (Lipinski definition) is 0. The van der Waals surface area contributed by atoms with E-state index in [-0.39, 0.29) is 17.2 Å². The fourth-order valence-corrected chi connectivity index (χ4v) is 1.17. The molecule has 0 bridgehead atoms. The lowest BCUT2D eigenvalue weighted by molar-refractivity contribution is -0.132. The topological polar surface area (TPSA) is 61.8 Å². The van der Waals surface area contributed by atoms with E-state index in [1.54, 1.807) is 18.2 Å². The Balaban J connectivity index is 3.09. The van der Waals surface area contributed by atoms with Gasteiger partial charge in [0.05, 0.1) is 7.11 Å². The predicted molar refractivity (Wildman–Crippen MR) is 55.6 cm³/mol. The Kier molecular flexibility index (Phi) is 3.88. The summed E-state index contributed by atoms with van der Waals surface area (Å²) in [6, 6.07) is 4.69. The van der Waals surface area contributed by atoms with Crippen LogP contribution in [0.15, 0.2) is 18.2 Å². The van der Waals surface area contributed by atoms with Crippen molar-refractivity contribution in [3.05, 3.63) is 18.2 Å². The molecular weight excluding hydrogens is 212 g/mol. The Morgan fingerprint density at radius 1 is 1.00 bits per heavy atom. The molecular formula is C11H12O5. The van der Waals surface area contributed by atoms with Crippen molar-refractivity contribution in [3.8, 4) is 17.2 Å². The third-order valence-corrected chi connectivity index (χ3v) is 1.65. The quantitative estimate of drug-likeness (QED) is 0.575. The highest BCUT2D eigenvalue weighted by Gasteiger charge is 2.14. The minimum absolute atomic E-state index is 0.216. The number of para-hydroxylation sites is 1. The summed E-state index contributed by atoms with van der Waals surface area (Å²) in [7, 11) is 1.40. The van der Waals surface area contributed by atoms with Gasteiger partial charge < -0.3 is 14.2 Å². The maximum absolute atomic E-state index is 10.8. The zero-order valence-electron chi connectivity index (χ0n) is 9.27. The smallest absolute Gasteiger partial charge is 0.308 e. The van der Waals surface area contributed by atoms with Crippen LogP contribution in [0.25, 0.3) is 0 Å². The van der Waals surface area contributed by atoms with E-state index in [2.05, 4.69) is 0 Å². The average Bonchev–Trinajstić information content (AvgIpc) is 2.16. The van der Waals surface area contributed by atoms with E-state index in [4.69, 9.17) is 14.2 Å². The van der Waals surface area contributed by atoms with E-state index in [0.29, 0.717) is 0 Å². The van der Waals surface area contributed by atoms with Crippen LogP contribution in [0.3, 0.4) is 0 Å². The summed E-state index contributed by atoms with van der Waals surface area (Å²) in [5, 5.41) is 0. The van der Waals surface area contributed by atoms with Crippen LogP contribution >= 0.6 is 0 Å². The van der Waals surface area contributed by atoms with Crippen molar-refractivity contribution in [2.45, 2.75) is 13.8 Å². The van der Waals surface area contributed by atoms with Crippen molar-refractivity contribution in [1.29, 1.82) is 0 Å². The van der Waals surface area contributed by atoms with Gasteiger partial charge in [-0.15, -0.1) is 0 Å². The van der Waals surface area contributed by atoms with Gasteiger partial charge in [-0.3, -0.25) is 9.59 Å². The van der Waals surface area contributed by atoms with Crippen molar-refractivity contribution in [2.24, 2.45) is 0 Å². The van der Waals surface area contributed by atoms with Gasteiger partial charge in [0.1, 0.15) is 0 Å². The van der Waals surface area contributed by atoms with Crippen molar-refractivity contribution < 1.29 is 23.8 Å². The molecule has 0 amide bonds. The SMILES string of the molecule is COc1c(OC(C)=O)cccc1OC(C)=O. The van der Waals surface area contributed by atoms with Gasteiger partial charge in [0.2, 0.25) is 5.75 Å². The average molecular weight is 224 g/mol. The third-order valence-electron chi connectivity index (χ3n) is 1.65. The lowest BCUT2D eigenvalue weighted by Gasteiger charge is -2.11. The minimum atomic E-state index is -0.474. The molecule has 0 unspecified atom stereocenters. The molecule has 5 nitrogen and oxygen atoms in total. The molecule has 0 aliphatic carbocycles. The highest BCUT2D eigenvalue weighted by Crippen LogP contribution is 2.36. The number of esters is 2. The second kappa shape index (κ2) is 5.16. The number of rotatable bonds is 3. The van der Waals surface area contributed by atoms with Crippen molar-refractivity contribution in [1.82, 2.24) is 0 Å². The number of ether oxygens (including phenoxy) is 3. The molecule has 5 heteroatoms. The Morgan fingerprint density at radius 3 is 1.75 bits per heavy atom. The van der Waals surface area contributed by atoms with Crippen LogP contribution < -0.4 is 14.2 Å². The molecule has 0 aliphatic heterocycles. The summed E-state index contributed by atoms with van der Waals surface area (Å²) >= 11 is 0. The van der Waals surface area contributed by atoms with Gasteiger partial charge in [-0.1, -0.05) is 6.07 Å². The summed E-state index contributed by atoms with van der Waals surface area (Å²) in [5.74, 6) is -0.299. The Hall–Kier alpha value is -2.04. The number of methoxy groups -OCH3 is 1. The van der Waals surface area contributed by atoms with E-state index >= 15 is 0 Å². The lowest BCUT2D eigenvalue weighted by Crippen LogP contribution is -2.06. The molecule has 0 aliphatic rings. The van der Waals surface area contributed by atoms with Crippen LogP contribution in [0.1, 0.15) is 13.8 Å². The van der Waals surface area contributed by atoms with Gasteiger partial charge in [-0.25, -0.2) is 0 Å². The largest absolute Gasteiger partial charge is 0.490 e. The summed E-state index contributed by atoms with van der Waals surface area (Å²) in [4.78, 5) is 21.7. The van der Waals surface area contributed by atoms with Crippen molar-refractivity contribution in [2.75, 3.05) is 7.11 Å². The molecule has 0 saturated carbocycles. The van der Waals surface area contributed by atoms with Gasteiger partial charge in [0, 0.05) is 13.8 Å². The van der Waals surface area contributed by atoms with Crippen LogP contribution in [0, 0.1) is 0 Å². The predicted octanol–water partition coefficient (Wildman–Crippen LogP) is 1.55. The molecule has 0 atom stereocenters. The van der Waals surface area contributed by atoms with Crippen molar-refractivity contribution >= 4 is 11.9 Å². The zero-order chi connectivity index (χ0) is 12.1. The van der Waals surface area contributed by atoms with Gasteiger partial charge in [-0.05, 0) is 12.1 Å². The van der Waals surface area contributed by atoms with Crippen molar-refractivity contribution in [3.63, 3.8) is 0 Å². The second-order valence-electron chi connectivity index (χ2n) is 2.97. The molecule has 0 heterocycles. The first kappa shape index (κ1) is 12.0. The van der Waals surface area contributed by atoms with Gasteiger partial charge >= 0.3 is 11.9 Å². The van der Waals surface area contributed by atoms with E-state index in [0.717, 1.165) is 0 Å². The van der Waals surface area contributed by atoms with Crippen LogP contribution in [0.2, 0.25) is 0 Å². The fourth-order valence-electron chi connectivity index (χ4n) is 1.17. The molecule has 1 rings (SSSR count). The number of hydrogen-bond acceptors (Lipinski definition) is 5. The van der Waals surface area contributed by atoms with Gasteiger partial charge in [0.25, 0.3) is 0 Å². The summed E-state index contributed by atoms with van der Waals surface area (Å²) < 4.78 is 14.8. The molecule has 0 spiro atoms. The molecule has 16 heavy (non-hydrogen) atoms. The Bertz CT molecular complexity index is 377. The molecule has 1 aromatic rings. The second-order valence-corrected chi connectivity index (χ2v) is 2.97. The summed E-state index contributed by atoms with van der Waals surface area (Å²) in [5.41, 5.74) is 0. The van der Waals surface area contributed by atoms with E-state index in [1.807, 2.05) is 0 Å². The van der Waals surface area contributed by atoms with E-state index < -0.39 is 11.9 Å². The first-order valence-corrected chi connectivity index (χ1v) is 4.58. The highest BCUT2D eigenvalue weighted by molar-refractivity contribution is 5.73. The summed E-state index contributed by atoms with van der Waals surface area (Å²) in [6.07, 6.45) is 0. The molecule has 0 aromatic heterocycles. The maximum atomic E-state index is 10.8. The maximum Gasteiger partial charge on any atom is 0.308 e. The Labute approximate surface area is 92.9 Å². The normalized spacial score (nSPS) is 9.44. The molecule has 0 N–H and O–H groups in total. The first-order valence-electron chi connectivity index (χ1n) is 4.58. The highest BCUT2D eigenvalue weighted by atomic mass is 16.6. The number of benzene rings is 1. The zero-order valence-corrected chi connectivity index (χ0v) is 9.27. The van der Waals surface area contributed by atoms with Crippen LogP contribution in [0.4, 0.5) is 0 Å². The summed E-state index contributed by atoms with van der Waals surface area (Å²) in [6.45, 7) is 2.55. The minimum Gasteiger partial charge on any atom is -0.490 e. The number of carbonyl (C=O) groups is 2.